The van der Waals surface area contributed by atoms with E-state index in [0.717, 1.165) is 5.69 Å². The first-order valence-corrected chi connectivity index (χ1v) is 8.58. The summed E-state index contributed by atoms with van der Waals surface area (Å²) in [6.45, 7) is 3.53. The first kappa shape index (κ1) is 20.1. The Morgan fingerprint density at radius 2 is 1.66 bits per heavy atom. The molecule has 9 heteroatoms. The molecular formula is C20H17F3N4O2. The summed E-state index contributed by atoms with van der Waals surface area (Å²) >= 11 is 0. The van der Waals surface area contributed by atoms with Crippen LogP contribution in [0.2, 0.25) is 0 Å². The van der Waals surface area contributed by atoms with Gasteiger partial charge in [-0.05, 0) is 44.2 Å². The lowest BCUT2D eigenvalue weighted by Gasteiger charge is -2.10. The second kappa shape index (κ2) is 7.78. The first-order chi connectivity index (χ1) is 13.7. The van der Waals surface area contributed by atoms with E-state index in [2.05, 4.69) is 10.4 Å². The second-order valence-electron chi connectivity index (χ2n) is 6.28. The minimum atomic E-state index is -5.02. The number of carbonyl (C=O) groups excluding carboxylic acids is 2. The Bertz CT molecular complexity index is 1060. The summed E-state index contributed by atoms with van der Waals surface area (Å²) in [5.74, 6) is -2.64. The van der Waals surface area contributed by atoms with Crippen molar-refractivity contribution in [2.75, 3.05) is 10.6 Å². The van der Waals surface area contributed by atoms with Crippen LogP contribution < -0.4 is 10.6 Å². The molecule has 0 saturated carbocycles. The number of hydrogen-bond acceptors (Lipinski definition) is 3. The van der Waals surface area contributed by atoms with E-state index in [-0.39, 0.29) is 11.3 Å². The van der Waals surface area contributed by atoms with Crippen molar-refractivity contribution in [2.24, 2.45) is 0 Å². The Labute approximate surface area is 164 Å². The maximum absolute atomic E-state index is 12.6. The highest BCUT2D eigenvalue weighted by molar-refractivity contribution is 6.06. The Balaban J connectivity index is 1.82. The van der Waals surface area contributed by atoms with Gasteiger partial charge in [-0.2, -0.15) is 18.3 Å². The Morgan fingerprint density at radius 1 is 0.966 bits per heavy atom. The van der Waals surface area contributed by atoms with Crippen LogP contribution in [0.4, 0.5) is 24.5 Å². The molecule has 0 radical (unpaired) electrons. The second-order valence-corrected chi connectivity index (χ2v) is 6.28. The highest BCUT2D eigenvalue weighted by Gasteiger charge is 2.38. The zero-order valence-corrected chi connectivity index (χ0v) is 15.5. The zero-order chi connectivity index (χ0) is 21.2. The Kier molecular flexibility index (Phi) is 5.40. The number of para-hydroxylation sites is 1. The number of benzene rings is 2. The van der Waals surface area contributed by atoms with Crippen molar-refractivity contribution in [3.63, 3.8) is 0 Å². The molecule has 1 heterocycles. The fourth-order valence-corrected chi connectivity index (χ4v) is 2.77. The van der Waals surface area contributed by atoms with E-state index in [1.54, 1.807) is 23.8 Å². The van der Waals surface area contributed by atoms with E-state index < -0.39 is 18.0 Å². The lowest BCUT2D eigenvalue weighted by molar-refractivity contribution is -0.167. The van der Waals surface area contributed by atoms with Gasteiger partial charge in [-0.25, -0.2) is 4.68 Å². The molecule has 3 aromatic rings. The fourth-order valence-electron chi connectivity index (χ4n) is 2.77. The minimum absolute atomic E-state index is 0.0937. The lowest BCUT2D eigenvalue weighted by Crippen LogP contribution is -2.30. The van der Waals surface area contributed by atoms with Crippen molar-refractivity contribution < 1.29 is 22.8 Å². The van der Waals surface area contributed by atoms with Gasteiger partial charge in [0.05, 0.1) is 22.8 Å². The van der Waals surface area contributed by atoms with E-state index >= 15 is 0 Å². The van der Waals surface area contributed by atoms with Crippen molar-refractivity contribution in [1.29, 1.82) is 0 Å². The first-order valence-electron chi connectivity index (χ1n) is 8.58. The van der Waals surface area contributed by atoms with Gasteiger partial charge in [0.15, 0.2) is 0 Å². The van der Waals surface area contributed by atoms with Gasteiger partial charge in [0.25, 0.3) is 5.91 Å². The predicted octanol–water partition coefficient (Wildman–Crippen LogP) is 4.24. The van der Waals surface area contributed by atoms with E-state index in [1.807, 2.05) is 30.3 Å². The number of anilines is 2. The maximum atomic E-state index is 12.6. The SMILES string of the molecule is Cc1nn(-c2ccccc2)c(C)c1NC(=O)c1cccc(NC(=O)C(F)(F)F)c1. The molecular weight excluding hydrogens is 385 g/mol. The number of amides is 2. The summed E-state index contributed by atoms with van der Waals surface area (Å²) in [6.07, 6.45) is -5.02. The molecule has 0 fully saturated rings. The molecule has 0 aliphatic heterocycles. The molecule has 0 spiro atoms. The van der Waals surface area contributed by atoms with Crippen molar-refractivity contribution in [2.45, 2.75) is 20.0 Å². The quantitative estimate of drug-likeness (QED) is 0.685. The van der Waals surface area contributed by atoms with Crippen LogP contribution in [0.3, 0.4) is 0 Å². The molecule has 2 aromatic carbocycles. The molecule has 29 heavy (non-hydrogen) atoms. The minimum Gasteiger partial charge on any atom is -0.319 e. The number of hydrogen-bond donors (Lipinski definition) is 2. The van der Waals surface area contributed by atoms with Gasteiger partial charge in [-0.15, -0.1) is 0 Å². The van der Waals surface area contributed by atoms with Gasteiger partial charge in [0.2, 0.25) is 0 Å². The van der Waals surface area contributed by atoms with E-state index in [1.165, 1.54) is 24.3 Å². The normalized spacial score (nSPS) is 11.2. The largest absolute Gasteiger partial charge is 0.471 e. The Morgan fingerprint density at radius 3 is 2.31 bits per heavy atom. The lowest BCUT2D eigenvalue weighted by atomic mass is 10.1. The van der Waals surface area contributed by atoms with E-state index in [9.17, 15) is 22.8 Å². The molecule has 2 N–H and O–H groups in total. The summed E-state index contributed by atoms with van der Waals surface area (Å²) in [4.78, 5) is 23.7. The highest BCUT2D eigenvalue weighted by Crippen LogP contribution is 2.24. The van der Waals surface area contributed by atoms with E-state index in [4.69, 9.17) is 0 Å². The molecule has 0 aliphatic rings. The van der Waals surface area contributed by atoms with Gasteiger partial charge in [0, 0.05) is 11.3 Å². The van der Waals surface area contributed by atoms with Crippen molar-refractivity contribution in [3.05, 3.63) is 71.5 Å². The van der Waals surface area contributed by atoms with Gasteiger partial charge in [-0.1, -0.05) is 24.3 Å². The van der Waals surface area contributed by atoms with Crippen LogP contribution >= 0.6 is 0 Å². The number of alkyl halides is 3. The molecule has 3 rings (SSSR count). The summed E-state index contributed by atoms with van der Waals surface area (Å²) in [5.41, 5.74) is 2.57. The molecule has 6 nitrogen and oxygen atoms in total. The van der Waals surface area contributed by atoms with Crippen molar-refractivity contribution in [1.82, 2.24) is 9.78 Å². The van der Waals surface area contributed by atoms with Gasteiger partial charge in [0.1, 0.15) is 0 Å². The Hall–Kier alpha value is -3.62. The van der Waals surface area contributed by atoms with Crippen LogP contribution in [0.5, 0.6) is 0 Å². The summed E-state index contributed by atoms with van der Waals surface area (Å²) in [6, 6.07) is 14.6. The van der Waals surface area contributed by atoms with Crippen LogP contribution in [0.15, 0.2) is 54.6 Å². The van der Waals surface area contributed by atoms with Crippen LogP contribution in [0, 0.1) is 13.8 Å². The third-order valence-corrected chi connectivity index (χ3v) is 4.17. The number of carbonyl (C=O) groups is 2. The monoisotopic (exact) mass is 402 g/mol. The topological polar surface area (TPSA) is 76.0 Å². The van der Waals surface area contributed by atoms with Gasteiger partial charge < -0.3 is 10.6 Å². The summed E-state index contributed by atoms with van der Waals surface area (Å²) in [5, 5.41) is 8.90. The zero-order valence-electron chi connectivity index (χ0n) is 15.5. The van der Waals surface area contributed by atoms with Crippen LogP contribution in [0.25, 0.3) is 5.69 Å². The highest BCUT2D eigenvalue weighted by atomic mass is 19.4. The average Bonchev–Trinajstić information content (AvgIpc) is 2.96. The number of aryl methyl sites for hydroxylation is 1. The van der Waals surface area contributed by atoms with E-state index in [0.29, 0.717) is 17.1 Å². The van der Waals surface area contributed by atoms with Gasteiger partial charge in [-0.3, -0.25) is 9.59 Å². The molecule has 1 aromatic heterocycles. The molecule has 150 valence electrons. The molecule has 0 atom stereocenters. The number of aromatic nitrogens is 2. The van der Waals surface area contributed by atoms with Crippen LogP contribution in [-0.4, -0.2) is 27.8 Å². The number of nitrogens with one attached hydrogen (secondary N) is 2. The predicted molar refractivity (Wildman–Crippen MR) is 102 cm³/mol. The average molecular weight is 402 g/mol. The smallest absolute Gasteiger partial charge is 0.319 e. The summed E-state index contributed by atoms with van der Waals surface area (Å²) < 4.78 is 38.9. The maximum Gasteiger partial charge on any atom is 0.471 e. The standard InChI is InChI=1S/C20H17F3N4O2/c1-12-17(13(2)27(26-12)16-9-4-3-5-10-16)25-18(28)14-7-6-8-15(11-14)24-19(29)20(21,22)23/h3-11H,1-2H3,(H,24,29)(H,25,28). The number of nitrogens with zero attached hydrogens (tertiary/aromatic N) is 2. The fraction of sp³-hybridized carbons (Fsp3) is 0.150. The molecule has 0 aliphatic carbocycles. The molecule has 0 bridgehead atoms. The van der Waals surface area contributed by atoms with Crippen molar-refractivity contribution in [3.8, 4) is 5.69 Å². The van der Waals surface area contributed by atoms with Crippen LogP contribution in [0.1, 0.15) is 21.7 Å². The van der Waals surface area contributed by atoms with Gasteiger partial charge >= 0.3 is 12.1 Å². The molecule has 2 amide bonds. The number of rotatable bonds is 4. The summed E-state index contributed by atoms with van der Waals surface area (Å²) in [7, 11) is 0. The van der Waals surface area contributed by atoms with Crippen LogP contribution in [-0.2, 0) is 4.79 Å². The molecule has 0 unspecified atom stereocenters. The van der Waals surface area contributed by atoms with Crippen molar-refractivity contribution >= 4 is 23.2 Å². The number of halogens is 3. The molecule has 0 saturated heterocycles. The third-order valence-electron chi connectivity index (χ3n) is 4.17. The third kappa shape index (κ3) is 4.45.